The summed E-state index contributed by atoms with van der Waals surface area (Å²) in [7, 11) is -4.09. The van der Waals surface area contributed by atoms with E-state index in [-0.39, 0.29) is 4.90 Å². The number of anilines is 2. The first-order valence-corrected chi connectivity index (χ1v) is 14.7. The van der Waals surface area contributed by atoms with Gasteiger partial charge in [-0.1, -0.05) is 49.2 Å². The second-order valence-electron chi connectivity index (χ2n) is 9.35. The van der Waals surface area contributed by atoms with Gasteiger partial charge >= 0.3 is 5.97 Å². The summed E-state index contributed by atoms with van der Waals surface area (Å²) in [6.07, 6.45) is 1.70. The molecule has 0 unspecified atom stereocenters. The highest BCUT2D eigenvalue weighted by molar-refractivity contribution is 7.92. The zero-order valence-corrected chi connectivity index (χ0v) is 23.8. The predicted octanol–water partition coefficient (Wildman–Crippen LogP) is 6.58. The number of carbonyl (C=O) groups excluding carboxylic acids is 2. The van der Waals surface area contributed by atoms with E-state index < -0.39 is 28.4 Å². The van der Waals surface area contributed by atoms with Gasteiger partial charge in [0.2, 0.25) is 5.91 Å². The van der Waals surface area contributed by atoms with Crippen LogP contribution in [0.1, 0.15) is 35.7 Å². The van der Waals surface area contributed by atoms with E-state index in [1.54, 1.807) is 60.7 Å². The van der Waals surface area contributed by atoms with Gasteiger partial charge in [-0.3, -0.25) is 9.10 Å². The molecule has 4 aromatic carbocycles. The quantitative estimate of drug-likeness (QED) is 0.152. The van der Waals surface area contributed by atoms with E-state index in [1.807, 2.05) is 44.2 Å². The van der Waals surface area contributed by atoms with Crippen LogP contribution in [-0.4, -0.2) is 33.4 Å². The zero-order valence-electron chi connectivity index (χ0n) is 22.9. The van der Waals surface area contributed by atoms with Crippen molar-refractivity contribution < 1.29 is 27.5 Å². The maximum absolute atomic E-state index is 13.7. The normalized spacial score (nSPS) is 11.0. The highest BCUT2D eigenvalue weighted by Gasteiger charge is 2.27. The number of nitrogens with one attached hydrogen (secondary N) is 1. The lowest BCUT2D eigenvalue weighted by molar-refractivity contribution is -0.114. The average Bonchev–Trinajstić information content (AvgIpc) is 2.97. The van der Waals surface area contributed by atoms with Gasteiger partial charge in [-0.05, 0) is 86.1 Å². The number of ether oxygens (including phenoxy) is 2. The lowest BCUT2D eigenvalue weighted by Crippen LogP contribution is -2.38. The first-order valence-electron chi connectivity index (χ1n) is 13.3. The van der Waals surface area contributed by atoms with Crippen LogP contribution >= 0.6 is 0 Å². The highest BCUT2D eigenvalue weighted by atomic mass is 32.2. The molecule has 0 radical (unpaired) electrons. The molecule has 1 amide bonds. The van der Waals surface area contributed by atoms with E-state index in [4.69, 9.17) is 9.47 Å². The average molecular weight is 573 g/mol. The fourth-order valence-corrected chi connectivity index (χ4v) is 5.29. The molecular formula is C32H32N2O6S. The molecule has 0 fully saturated rings. The number of carbonyl (C=O) groups is 2. The molecule has 0 aliphatic carbocycles. The maximum Gasteiger partial charge on any atom is 0.338 e. The molecule has 0 heterocycles. The first kappa shape index (κ1) is 29.4. The van der Waals surface area contributed by atoms with Gasteiger partial charge in [0.1, 0.15) is 18.0 Å². The molecule has 0 atom stereocenters. The maximum atomic E-state index is 13.7. The van der Waals surface area contributed by atoms with Crippen LogP contribution in [0.2, 0.25) is 0 Å². The smallest absolute Gasteiger partial charge is 0.338 e. The van der Waals surface area contributed by atoms with E-state index in [2.05, 4.69) is 5.32 Å². The Hall–Kier alpha value is -4.63. The van der Waals surface area contributed by atoms with E-state index in [0.717, 1.165) is 22.7 Å². The van der Waals surface area contributed by atoms with Crippen LogP contribution in [0.25, 0.3) is 0 Å². The van der Waals surface area contributed by atoms with E-state index in [1.165, 1.54) is 12.1 Å². The Balaban J connectivity index is 1.53. The van der Waals surface area contributed by atoms with Crippen molar-refractivity contribution in [3.63, 3.8) is 0 Å². The third kappa shape index (κ3) is 7.95. The summed E-state index contributed by atoms with van der Waals surface area (Å²) in [6.45, 7) is 3.74. The number of aryl methyl sites for hydroxylation is 1. The molecule has 8 nitrogen and oxygen atoms in total. The summed E-state index contributed by atoms with van der Waals surface area (Å²) in [6, 6.07) is 28.4. The Morgan fingerprint density at radius 1 is 0.805 bits per heavy atom. The van der Waals surface area contributed by atoms with Gasteiger partial charge < -0.3 is 14.8 Å². The minimum atomic E-state index is -4.09. The lowest BCUT2D eigenvalue weighted by atomic mass is 10.2. The SMILES string of the molecule is CCCCOC(=O)c1ccc(NC(=O)CN(c2ccc(Oc3ccccc3)cc2)S(=O)(=O)c2ccc(C)cc2)cc1. The molecule has 0 aliphatic heterocycles. The molecule has 0 saturated heterocycles. The van der Waals surface area contributed by atoms with Crippen molar-refractivity contribution in [2.45, 2.75) is 31.6 Å². The van der Waals surface area contributed by atoms with Crippen molar-refractivity contribution in [2.75, 3.05) is 22.8 Å². The minimum absolute atomic E-state index is 0.0615. The molecule has 41 heavy (non-hydrogen) atoms. The number of sulfonamides is 1. The third-order valence-electron chi connectivity index (χ3n) is 6.14. The monoisotopic (exact) mass is 572 g/mol. The molecule has 4 aromatic rings. The molecule has 0 saturated carbocycles. The molecule has 4 rings (SSSR count). The van der Waals surface area contributed by atoms with Gasteiger partial charge in [-0.2, -0.15) is 0 Å². The van der Waals surface area contributed by atoms with Crippen LogP contribution in [-0.2, 0) is 19.6 Å². The predicted molar refractivity (Wildman–Crippen MR) is 159 cm³/mol. The molecule has 0 aromatic heterocycles. The van der Waals surface area contributed by atoms with Gasteiger partial charge in [-0.15, -0.1) is 0 Å². The third-order valence-corrected chi connectivity index (χ3v) is 7.92. The number of hydrogen-bond acceptors (Lipinski definition) is 6. The Morgan fingerprint density at radius 3 is 2.07 bits per heavy atom. The van der Waals surface area contributed by atoms with E-state index in [0.29, 0.717) is 35.0 Å². The largest absolute Gasteiger partial charge is 0.462 e. The summed E-state index contributed by atoms with van der Waals surface area (Å²) >= 11 is 0. The van der Waals surface area contributed by atoms with Crippen LogP contribution in [0, 0.1) is 6.92 Å². The number of amides is 1. The Bertz CT molecular complexity index is 1550. The fraction of sp³-hybridized carbons (Fsp3) is 0.188. The number of unbranched alkanes of at least 4 members (excludes halogenated alkanes) is 1. The molecule has 1 N–H and O–H groups in total. The number of para-hydroxylation sites is 1. The summed E-state index contributed by atoms with van der Waals surface area (Å²) in [4.78, 5) is 25.3. The lowest BCUT2D eigenvalue weighted by Gasteiger charge is -2.24. The first-order chi connectivity index (χ1) is 19.8. The number of rotatable bonds is 12. The Labute approximate surface area is 240 Å². The van der Waals surface area contributed by atoms with Crippen LogP contribution in [0.4, 0.5) is 11.4 Å². The van der Waals surface area contributed by atoms with Gasteiger partial charge in [0.05, 0.1) is 22.8 Å². The van der Waals surface area contributed by atoms with Crippen molar-refractivity contribution in [1.29, 1.82) is 0 Å². The van der Waals surface area contributed by atoms with E-state index >= 15 is 0 Å². The van der Waals surface area contributed by atoms with Crippen molar-refractivity contribution in [3.8, 4) is 11.5 Å². The molecular weight excluding hydrogens is 540 g/mol. The number of esters is 1. The minimum Gasteiger partial charge on any atom is -0.462 e. The molecule has 212 valence electrons. The molecule has 9 heteroatoms. The second-order valence-corrected chi connectivity index (χ2v) is 11.2. The Kier molecular flexibility index (Phi) is 9.76. The molecule has 0 spiro atoms. The molecule has 0 aliphatic rings. The van der Waals surface area contributed by atoms with Gasteiger partial charge in [0.25, 0.3) is 10.0 Å². The van der Waals surface area contributed by atoms with Crippen molar-refractivity contribution >= 4 is 33.3 Å². The number of hydrogen-bond donors (Lipinski definition) is 1. The van der Waals surface area contributed by atoms with Crippen LogP contribution < -0.4 is 14.4 Å². The summed E-state index contributed by atoms with van der Waals surface area (Å²) in [5.74, 6) is 0.171. The van der Waals surface area contributed by atoms with Crippen LogP contribution in [0.15, 0.2) is 108 Å². The standard InChI is InChI=1S/C32H32N2O6S/c1-3-4-22-39-32(36)25-12-14-26(15-13-25)33-31(35)23-34(41(37,38)30-20-10-24(2)11-21-30)27-16-18-29(19-17-27)40-28-8-6-5-7-9-28/h5-21H,3-4,22-23H2,1-2H3,(H,33,35). The van der Waals surface area contributed by atoms with Crippen molar-refractivity contribution in [2.24, 2.45) is 0 Å². The molecule has 0 bridgehead atoms. The fourth-order valence-electron chi connectivity index (χ4n) is 3.87. The number of nitrogens with zero attached hydrogens (tertiary/aromatic N) is 1. The van der Waals surface area contributed by atoms with Crippen LogP contribution in [0.5, 0.6) is 11.5 Å². The second kappa shape index (κ2) is 13.6. The summed E-state index contributed by atoms with van der Waals surface area (Å²) in [5.41, 5.74) is 1.99. The Morgan fingerprint density at radius 2 is 1.44 bits per heavy atom. The topological polar surface area (TPSA) is 102 Å². The summed E-state index contributed by atoms with van der Waals surface area (Å²) < 4.78 is 39.5. The zero-order chi connectivity index (χ0) is 29.2. The summed E-state index contributed by atoms with van der Waals surface area (Å²) in [5, 5.41) is 2.72. The van der Waals surface area contributed by atoms with Crippen molar-refractivity contribution in [3.05, 3.63) is 114 Å². The van der Waals surface area contributed by atoms with Crippen molar-refractivity contribution in [1.82, 2.24) is 0 Å². The number of benzene rings is 4. The highest BCUT2D eigenvalue weighted by Crippen LogP contribution is 2.28. The van der Waals surface area contributed by atoms with Gasteiger partial charge in [0, 0.05) is 5.69 Å². The van der Waals surface area contributed by atoms with Crippen LogP contribution in [0.3, 0.4) is 0 Å². The van der Waals surface area contributed by atoms with Gasteiger partial charge in [-0.25, -0.2) is 13.2 Å². The van der Waals surface area contributed by atoms with Gasteiger partial charge in [0.15, 0.2) is 0 Å². The van der Waals surface area contributed by atoms with E-state index in [9.17, 15) is 18.0 Å².